The Morgan fingerprint density at radius 2 is 1.84 bits per heavy atom. The van der Waals surface area contributed by atoms with Crippen molar-refractivity contribution in [2.75, 3.05) is 20.8 Å². The summed E-state index contributed by atoms with van der Waals surface area (Å²) >= 11 is 0. The smallest absolute Gasteiger partial charge is 0.412 e. The second kappa shape index (κ2) is 7.03. The zero-order valence-corrected chi connectivity index (χ0v) is 14.2. The quantitative estimate of drug-likeness (QED) is 0.873. The third-order valence-electron chi connectivity index (χ3n) is 4.40. The summed E-state index contributed by atoms with van der Waals surface area (Å²) in [6.07, 6.45) is 0.597. The van der Waals surface area contributed by atoms with Gasteiger partial charge in [0.2, 0.25) is 0 Å². The summed E-state index contributed by atoms with van der Waals surface area (Å²) in [4.78, 5) is 12.0. The maximum atomic E-state index is 12.0. The Hall–Kier alpha value is -2.73. The van der Waals surface area contributed by atoms with Crippen LogP contribution in [0.15, 0.2) is 42.5 Å². The molecule has 2 aromatic carbocycles. The van der Waals surface area contributed by atoms with Crippen LogP contribution in [0.4, 0.5) is 4.79 Å². The number of nitrogens with one attached hydrogen (secondary N) is 1. The number of ether oxygens (including phenoxy) is 3. The zero-order valence-electron chi connectivity index (χ0n) is 14.2. The average molecular weight is 343 g/mol. The first-order valence-corrected chi connectivity index (χ1v) is 8.04. The lowest BCUT2D eigenvalue weighted by atomic mass is 9.95. The second-order valence-electron chi connectivity index (χ2n) is 5.95. The van der Waals surface area contributed by atoms with Gasteiger partial charge in [0.15, 0.2) is 11.5 Å². The van der Waals surface area contributed by atoms with Crippen molar-refractivity contribution in [2.45, 2.75) is 18.4 Å². The predicted molar refractivity (Wildman–Crippen MR) is 92.2 cm³/mol. The van der Waals surface area contributed by atoms with Crippen molar-refractivity contribution in [3.05, 3.63) is 53.6 Å². The Morgan fingerprint density at radius 1 is 1.16 bits per heavy atom. The SMILES string of the molecule is COc1cc2c(cc1OC)C(O)(CNC(=O)Oc1ccccc1)CC2. The highest BCUT2D eigenvalue weighted by Crippen LogP contribution is 2.42. The molecule has 1 aliphatic rings. The molecule has 0 saturated carbocycles. The minimum atomic E-state index is -1.16. The van der Waals surface area contributed by atoms with Gasteiger partial charge in [-0.1, -0.05) is 18.2 Å². The summed E-state index contributed by atoms with van der Waals surface area (Å²) in [5.41, 5.74) is 0.563. The van der Waals surface area contributed by atoms with E-state index < -0.39 is 11.7 Å². The number of aliphatic hydroxyl groups is 1. The molecular formula is C19H21NO5. The second-order valence-corrected chi connectivity index (χ2v) is 5.95. The molecule has 0 aliphatic heterocycles. The van der Waals surface area contributed by atoms with E-state index in [0.29, 0.717) is 30.1 Å². The van der Waals surface area contributed by atoms with Crippen LogP contribution >= 0.6 is 0 Å². The van der Waals surface area contributed by atoms with E-state index >= 15 is 0 Å². The molecule has 0 radical (unpaired) electrons. The molecule has 2 N–H and O–H groups in total. The van der Waals surface area contributed by atoms with Crippen LogP contribution < -0.4 is 19.5 Å². The lowest BCUT2D eigenvalue weighted by Crippen LogP contribution is -2.40. The molecule has 6 nitrogen and oxygen atoms in total. The number of hydrogen-bond donors (Lipinski definition) is 2. The van der Waals surface area contributed by atoms with Gasteiger partial charge in [0, 0.05) is 0 Å². The Morgan fingerprint density at radius 3 is 2.52 bits per heavy atom. The molecule has 0 heterocycles. The third-order valence-corrected chi connectivity index (χ3v) is 4.40. The van der Waals surface area contributed by atoms with Gasteiger partial charge < -0.3 is 24.6 Å². The van der Waals surface area contributed by atoms with Crippen molar-refractivity contribution >= 4 is 6.09 Å². The summed E-state index contributed by atoms with van der Waals surface area (Å²) in [6.45, 7) is 0.0567. The molecule has 1 amide bonds. The largest absolute Gasteiger partial charge is 0.493 e. The van der Waals surface area contributed by atoms with Gasteiger partial charge in [0.05, 0.1) is 20.8 Å². The topological polar surface area (TPSA) is 77.0 Å². The van der Waals surface area contributed by atoms with Crippen molar-refractivity contribution in [2.24, 2.45) is 0 Å². The molecule has 1 unspecified atom stereocenters. The van der Waals surface area contributed by atoms with Gasteiger partial charge in [-0.25, -0.2) is 4.79 Å². The zero-order chi connectivity index (χ0) is 17.9. The van der Waals surface area contributed by atoms with E-state index in [0.717, 1.165) is 11.1 Å². The summed E-state index contributed by atoms with van der Waals surface area (Å²) in [5, 5.41) is 13.6. The molecule has 3 rings (SSSR count). The van der Waals surface area contributed by atoms with Crippen LogP contribution in [0.1, 0.15) is 17.5 Å². The highest BCUT2D eigenvalue weighted by atomic mass is 16.6. The van der Waals surface area contributed by atoms with Gasteiger partial charge >= 0.3 is 6.09 Å². The number of para-hydroxylation sites is 1. The van der Waals surface area contributed by atoms with E-state index in [9.17, 15) is 9.90 Å². The van der Waals surface area contributed by atoms with Crippen molar-refractivity contribution in [1.29, 1.82) is 0 Å². The highest BCUT2D eigenvalue weighted by molar-refractivity contribution is 5.70. The van der Waals surface area contributed by atoms with Crippen LogP contribution in [-0.2, 0) is 12.0 Å². The normalized spacial score (nSPS) is 18.4. The van der Waals surface area contributed by atoms with E-state index in [2.05, 4.69) is 5.32 Å². The molecule has 0 saturated heterocycles. The third kappa shape index (κ3) is 3.53. The molecule has 1 aliphatic carbocycles. The Labute approximate surface area is 146 Å². The lowest BCUT2D eigenvalue weighted by molar-refractivity contribution is 0.0392. The molecule has 0 bridgehead atoms. The van der Waals surface area contributed by atoms with E-state index in [4.69, 9.17) is 14.2 Å². The van der Waals surface area contributed by atoms with Crippen LogP contribution in [0.2, 0.25) is 0 Å². The Kier molecular flexibility index (Phi) is 4.81. The number of fused-ring (bicyclic) bond motifs is 1. The van der Waals surface area contributed by atoms with Crippen LogP contribution in [0.3, 0.4) is 0 Å². The first-order valence-electron chi connectivity index (χ1n) is 8.04. The minimum absolute atomic E-state index is 0.0567. The van der Waals surface area contributed by atoms with Crippen molar-refractivity contribution in [1.82, 2.24) is 5.32 Å². The van der Waals surface area contributed by atoms with E-state index in [-0.39, 0.29) is 6.54 Å². The minimum Gasteiger partial charge on any atom is -0.493 e. The Balaban J connectivity index is 1.71. The highest BCUT2D eigenvalue weighted by Gasteiger charge is 2.38. The van der Waals surface area contributed by atoms with Crippen molar-refractivity contribution in [3.8, 4) is 17.2 Å². The molecule has 0 spiro atoms. The van der Waals surface area contributed by atoms with E-state index in [1.807, 2.05) is 12.1 Å². The molecule has 25 heavy (non-hydrogen) atoms. The lowest BCUT2D eigenvalue weighted by Gasteiger charge is -2.25. The van der Waals surface area contributed by atoms with Gasteiger partial charge in [-0.15, -0.1) is 0 Å². The fraction of sp³-hybridized carbons (Fsp3) is 0.316. The van der Waals surface area contributed by atoms with Gasteiger partial charge in [0.25, 0.3) is 0 Å². The van der Waals surface area contributed by atoms with Crippen molar-refractivity contribution in [3.63, 3.8) is 0 Å². The van der Waals surface area contributed by atoms with Gasteiger partial charge in [-0.2, -0.15) is 0 Å². The molecule has 2 aromatic rings. The monoisotopic (exact) mass is 343 g/mol. The van der Waals surface area contributed by atoms with Crippen LogP contribution in [-0.4, -0.2) is 32.0 Å². The van der Waals surface area contributed by atoms with Crippen LogP contribution in [0, 0.1) is 0 Å². The van der Waals surface area contributed by atoms with E-state index in [1.165, 1.54) is 0 Å². The molecule has 1 atom stereocenters. The van der Waals surface area contributed by atoms with E-state index in [1.54, 1.807) is 44.6 Å². The summed E-state index contributed by atoms with van der Waals surface area (Å²) in [5.74, 6) is 1.63. The number of benzene rings is 2. The fourth-order valence-corrected chi connectivity index (χ4v) is 3.07. The maximum absolute atomic E-state index is 12.0. The number of amides is 1. The predicted octanol–water partition coefficient (Wildman–Crippen LogP) is 2.63. The number of aryl methyl sites for hydroxylation is 1. The molecule has 0 aromatic heterocycles. The van der Waals surface area contributed by atoms with Crippen LogP contribution in [0.5, 0.6) is 17.2 Å². The number of hydrogen-bond acceptors (Lipinski definition) is 5. The number of rotatable bonds is 5. The van der Waals surface area contributed by atoms with Crippen molar-refractivity contribution < 1.29 is 24.1 Å². The molecule has 0 fully saturated rings. The molecule has 6 heteroatoms. The number of carbonyl (C=O) groups is 1. The average Bonchev–Trinajstić information content (AvgIpc) is 2.96. The maximum Gasteiger partial charge on any atom is 0.412 e. The molecular weight excluding hydrogens is 322 g/mol. The number of carbonyl (C=O) groups excluding carboxylic acids is 1. The Bertz CT molecular complexity index is 762. The molecule has 132 valence electrons. The first kappa shape index (κ1) is 17.1. The van der Waals surface area contributed by atoms with Gasteiger partial charge in [-0.3, -0.25) is 0 Å². The summed E-state index contributed by atoms with van der Waals surface area (Å²) in [6, 6.07) is 12.4. The fourth-order valence-electron chi connectivity index (χ4n) is 3.07. The first-order chi connectivity index (χ1) is 12.1. The van der Waals surface area contributed by atoms with Gasteiger partial charge in [-0.05, 0) is 48.2 Å². The van der Waals surface area contributed by atoms with Crippen LogP contribution in [0.25, 0.3) is 0 Å². The number of methoxy groups -OCH3 is 2. The summed E-state index contributed by atoms with van der Waals surface area (Å²) < 4.78 is 15.8. The summed E-state index contributed by atoms with van der Waals surface area (Å²) in [7, 11) is 3.13. The van der Waals surface area contributed by atoms with Gasteiger partial charge in [0.1, 0.15) is 11.4 Å². The standard InChI is InChI=1S/C19H21NO5/c1-23-16-10-13-8-9-19(22,15(13)11-17(16)24-2)12-20-18(21)25-14-6-4-3-5-7-14/h3-7,10-11,22H,8-9,12H2,1-2H3,(H,20,21).